The van der Waals surface area contributed by atoms with Crippen LogP contribution in [0.5, 0.6) is 0 Å². The number of nitrogens with one attached hydrogen (secondary N) is 3. The number of H-pyrrole nitrogens is 1. The van der Waals surface area contributed by atoms with Crippen LogP contribution in [-0.4, -0.2) is 28.3 Å². The molecule has 0 aliphatic carbocycles. The number of fused-ring (bicyclic) bond motifs is 1. The monoisotopic (exact) mass is 530 g/mol. The molecule has 0 radical (unpaired) electrons. The number of alkyl halides is 3. The smallest absolute Gasteiger partial charge is 0.356 e. The van der Waals surface area contributed by atoms with E-state index >= 15 is 0 Å². The number of amides is 2. The fourth-order valence-electron chi connectivity index (χ4n) is 3.76. The highest BCUT2D eigenvalue weighted by atomic mass is 35.5. The van der Waals surface area contributed by atoms with Gasteiger partial charge in [0, 0.05) is 17.3 Å². The molecule has 37 heavy (non-hydrogen) atoms. The van der Waals surface area contributed by atoms with Crippen molar-refractivity contribution in [2.45, 2.75) is 20.0 Å². The van der Waals surface area contributed by atoms with Crippen LogP contribution in [0.15, 0.2) is 54.6 Å². The maximum absolute atomic E-state index is 13.5. The van der Waals surface area contributed by atoms with E-state index in [0.717, 1.165) is 12.1 Å². The molecule has 0 fully saturated rings. The van der Waals surface area contributed by atoms with E-state index in [1.165, 1.54) is 24.3 Å². The average molecular weight is 531 g/mol. The molecule has 0 bridgehead atoms. The summed E-state index contributed by atoms with van der Waals surface area (Å²) in [5.74, 6) is 4.70. The van der Waals surface area contributed by atoms with Gasteiger partial charge in [-0.2, -0.15) is 13.2 Å². The fourth-order valence-corrected chi connectivity index (χ4v) is 3.94. The summed E-state index contributed by atoms with van der Waals surface area (Å²) >= 11 is 6.16. The van der Waals surface area contributed by atoms with Crippen LogP contribution in [0.25, 0.3) is 11.0 Å². The summed E-state index contributed by atoms with van der Waals surface area (Å²) in [6.45, 7) is 4.12. The van der Waals surface area contributed by atoms with Gasteiger partial charge in [0.1, 0.15) is 5.52 Å². The van der Waals surface area contributed by atoms with Crippen molar-refractivity contribution in [3.63, 3.8) is 0 Å². The number of hydrazine groups is 1. The van der Waals surface area contributed by atoms with Crippen LogP contribution in [0.1, 0.15) is 38.8 Å². The number of aromatic amines is 1. The van der Waals surface area contributed by atoms with Gasteiger partial charge in [-0.15, -0.1) is 0 Å². The van der Waals surface area contributed by atoms with Crippen LogP contribution in [-0.2, 0) is 6.18 Å². The molecule has 1 aromatic heterocycles. The molecule has 4 aromatic rings. The van der Waals surface area contributed by atoms with Crippen molar-refractivity contribution in [3.8, 4) is 0 Å². The third kappa shape index (κ3) is 5.23. The highest BCUT2D eigenvalue weighted by molar-refractivity contribution is 6.31. The Morgan fingerprint density at radius 1 is 1.11 bits per heavy atom. The van der Waals surface area contributed by atoms with E-state index in [1.807, 2.05) is 6.92 Å². The number of benzene rings is 3. The first-order chi connectivity index (χ1) is 17.5. The molecule has 8 nitrogen and oxygen atoms in total. The Hall–Kier alpha value is -4.09. The Morgan fingerprint density at radius 3 is 2.54 bits per heavy atom. The van der Waals surface area contributed by atoms with Crippen LogP contribution in [0.3, 0.4) is 0 Å². The number of nitrogens with zero attached hydrogens (tertiary/aromatic N) is 2. The van der Waals surface area contributed by atoms with Crippen LogP contribution in [0, 0.1) is 6.92 Å². The second-order valence-electron chi connectivity index (χ2n) is 8.09. The second kappa shape index (κ2) is 10.1. The number of imidazole rings is 1. The highest BCUT2D eigenvalue weighted by Crippen LogP contribution is 2.33. The summed E-state index contributed by atoms with van der Waals surface area (Å²) in [6, 6.07) is 12.1. The van der Waals surface area contributed by atoms with Gasteiger partial charge >= 0.3 is 6.18 Å². The predicted molar refractivity (Wildman–Crippen MR) is 137 cm³/mol. The summed E-state index contributed by atoms with van der Waals surface area (Å²) < 4.78 is 40.5. The van der Waals surface area contributed by atoms with Gasteiger partial charge in [0.05, 0.1) is 27.9 Å². The minimum Gasteiger partial charge on any atom is -0.356 e. The minimum absolute atomic E-state index is 0.0193. The molecule has 0 atom stereocenters. The molecule has 4 rings (SSSR count). The molecule has 0 saturated carbocycles. The fraction of sp³-hybridized carbons (Fsp3) is 0.160. The largest absolute Gasteiger partial charge is 0.417 e. The van der Waals surface area contributed by atoms with Crippen molar-refractivity contribution in [1.29, 1.82) is 0 Å². The molecule has 0 aliphatic heterocycles. The van der Waals surface area contributed by atoms with E-state index in [1.54, 1.807) is 25.1 Å². The Balaban J connectivity index is 1.79. The standard InChI is InChI=1S/C25H22ClF3N6O2/c1-3-31-24-33-20-12-14(35(30)23(37)15-7-4-5-8-17(15)25(27,28)29)11-16(21(20)34-24)22(36)32-19-10-6-9-18(26)13(19)2/h4-12H,3,30H2,1-2H3,(H,32,36)(H2,31,33,34). The first-order valence-corrected chi connectivity index (χ1v) is 11.5. The lowest BCUT2D eigenvalue weighted by molar-refractivity contribution is -0.137. The minimum atomic E-state index is -4.76. The van der Waals surface area contributed by atoms with E-state index in [4.69, 9.17) is 17.4 Å². The molecule has 0 aliphatic rings. The van der Waals surface area contributed by atoms with Gasteiger partial charge in [0.25, 0.3) is 11.8 Å². The third-order valence-electron chi connectivity index (χ3n) is 5.64. The summed E-state index contributed by atoms with van der Waals surface area (Å²) in [5.41, 5.74) is -0.0214. The number of carbonyl (C=O) groups is 2. The molecular weight excluding hydrogens is 509 g/mol. The topological polar surface area (TPSA) is 116 Å². The zero-order chi connectivity index (χ0) is 26.9. The van der Waals surface area contributed by atoms with Gasteiger partial charge in [0.15, 0.2) is 0 Å². The number of hydrogen-bond acceptors (Lipinski definition) is 5. The van der Waals surface area contributed by atoms with Crippen LogP contribution >= 0.6 is 11.6 Å². The lowest BCUT2D eigenvalue weighted by Crippen LogP contribution is -2.38. The summed E-state index contributed by atoms with van der Waals surface area (Å²) in [7, 11) is 0. The molecule has 192 valence electrons. The SMILES string of the molecule is CCNc1nc2c(C(=O)Nc3cccc(Cl)c3C)cc(N(N)C(=O)c3ccccc3C(F)(F)F)cc2[nH]1. The predicted octanol–water partition coefficient (Wildman–Crippen LogP) is 5.75. The second-order valence-corrected chi connectivity index (χ2v) is 8.50. The zero-order valence-electron chi connectivity index (χ0n) is 19.7. The molecule has 1 heterocycles. The molecule has 0 saturated heterocycles. The summed E-state index contributed by atoms with van der Waals surface area (Å²) in [6.07, 6.45) is -4.76. The Labute approximate surface area is 214 Å². The van der Waals surface area contributed by atoms with Crippen LogP contribution in [0.4, 0.5) is 30.5 Å². The Morgan fingerprint density at radius 2 is 1.84 bits per heavy atom. The number of hydrogen-bond donors (Lipinski definition) is 4. The van der Waals surface area contributed by atoms with Gasteiger partial charge < -0.3 is 15.6 Å². The van der Waals surface area contributed by atoms with E-state index in [9.17, 15) is 22.8 Å². The molecule has 5 N–H and O–H groups in total. The van der Waals surface area contributed by atoms with Crippen LogP contribution in [0.2, 0.25) is 5.02 Å². The first kappa shape index (κ1) is 26.0. The number of aromatic nitrogens is 2. The van der Waals surface area contributed by atoms with Crippen molar-refractivity contribution in [2.75, 3.05) is 22.2 Å². The maximum Gasteiger partial charge on any atom is 0.417 e. The van der Waals surface area contributed by atoms with Crippen molar-refractivity contribution in [3.05, 3.63) is 81.9 Å². The zero-order valence-corrected chi connectivity index (χ0v) is 20.5. The number of nitrogens with two attached hydrogens (primary N) is 1. The van der Waals surface area contributed by atoms with Crippen molar-refractivity contribution in [2.24, 2.45) is 5.84 Å². The van der Waals surface area contributed by atoms with Crippen molar-refractivity contribution < 1.29 is 22.8 Å². The molecule has 2 amide bonds. The quantitative estimate of drug-likeness (QED) is 0.144. The highest BCUT2D eigenvalue weighted by Gasteiger charge is 2.36. The van der Waals surface area contributed by atoms with Crippen molar-refractivity contribution in [1.82, 2.24) is 9.97 Å². The van der Waals surface area contributed by atoms with Gasteiger partial charge in [0.2, 0.25) is 5.95 Å². The Kier molecular flexibility index (Phi) is 7.10. The third-order valence-corrected chi connectivity index (χ3v) is 6.05. The van der Waals surface area contributed by atoms with E-state index in [0.29, 0.717) is 39.3 Å². The van der Waals surface area contributed by atoms with E-state index < -0.39 is 29.1 Å². The number of rotatable bonds is 6. The van der Waals surface area contributed by atoms with Gasteiger partial charge in [-0.05, 0) is 55.8 Å². The van der Waals surface area contributed by atoms with E-state index in [-0.39, 0.29) is 16.8 Å². The average Bonchev–Trinajstić information content (AvgIpc) is 3.27. The first-order valence-electron chi connectivity index (χ1n) is 11.1. The normalized spacial score (nSPS) is 11.4. The van der Waals surface area contributed by atoms with Crippen molar-refractivity contribution >= 4 is 51.8 Å². The van der Waals surface area contributed by atoms with Gasteiger partial charge in [-0.1, -0.05) is 29.8 Å². The molecule has 0 unspecified atom stereocenters. The number of carbonyl (C=O) groups excluding carboxylic acids is 2. The number of halogens is 4. The lowest BCUT2D eigenvalue weighted by atomic mass is 10.1. The Bertz CT molecular complexity index is 1500. The number of anilines is 3. The summed E-state index contributed by atoms with van der Waals surface area (Å²) in [5, 5.41) is 6.78. The maximum atomic E-state index is 13.5. The lowest BCUT2D eigenvalue weighted by Gasteiger charge is -2.20. The molecule has 3 aromatic carbocycles. The molecular formula is C25H22ClF3N6O2. The molecule has 0 spiro atoms. The van der Waals surface area contributed by atoms with Gasteiger partial charge in [-0.3, -0.25) is 9.59 Å². The van der Waals surface area contributed by atoms with Gasteiger partial charge in [-0.25, -0.2) is 15.8 Å². The van der Waals surface area contributed by atoms with E-state index in [2.05, 4.69) is 20.6 Å². The molecule has 12 heteroatoms. The van der Waals surface area contributed by atoms with Crippen LogP contribution < -0.4 is 21.5 Å². The summed E-state index contributed by atoms with van der Waals surface area (Å²) in [4.78, 5) is 33.8.